The first kappa shape index (κ1) is 10.1. The van der Waals surface area contributed by atoms with Crippen molar-refractivity contribution in [1.29, 1.82) is 0 Å². The standard InChI is InChI=1S/C10H18N2O/c1-6-12-7-8(10(2,3)4)9(11-12)13-5/h7H,6H2,1-5H3. The van der Waals surface area contributed by atoms with Gasteiger partial charge in [0.15, 0.2) is 0 Å². The first-order valence-corrected chi connectivity index (χ1v) is 4.61. The third-order valence-electron chi connectivity index (χ3n) is 2.05. The van der Waals surface area contributed by atoms with Crippen molar-refractivity contribution in [3.8, 4) is 5.88 Å². The summed E-state index contributed by atoms with van der Waals surface area (Å²) in [5.74, 6) is 0.745. The van der Waals surface area contributed by atoms with E-state index in [1.54, 1.807) is 7.11 Å². The molecule has 13 heavy (non-hydrogen) atoms. The van der Waals surface area contributed by atoms with Gasteiger partial charge in [0.1, 0.15) is 0 Å². The summed E-state index contributed by atoms with van der Waals surface area (Å²) in [5, 5.41) is 4.31. The molecule has 0 aliphatic heterocycles. The molecule has 0 aromatic carbocycles. The topological polar surface area (TPSA) is 27.1 Å². The fraction of sp³-hybridized carbons (Fsp3) is 0.700. The lowest BCUT2D eigenvalue weighted by Gasteiger charge is -2.16. The van der Waals surface area contributed by atoms with Crippen LogP contribution in [0.5, 0.6) is 5.88 Å². The number of nitrogens with zero attached hydrogens (tertiary/aromatic N) is 2. The van der Waals surface area contributed by atoms with E-state index in [1.165, 1.54) is 0 Å². The van der Waals surface area contributed by atoms with Crippen LogP contribution >= 0.6 is 0 Å². The van der Waals surface area contributed by atoms with Gasteiger partial charge < -0.3 is 4.74 Å². The summed E-state index contributed by atoms with van der Waals surface area (Å²) >= 11 is 0. The summed E-state index contributed by atoms with van der Waals surface area (Å²) in [4.78, 5) is 0. The first-order valence-electron chi connectivity index (χ1n) is 4.61. The predicted molar refractivity (Wildman–Crippen MR) is 53.2 cm³/mol. The van der Waals surface area contributed by atoms with E-state index in [2.05, 4.69) is 39.0 Å². The van der Waals surface area contributed by atoms with Crippen LogP contribution in [0.1, 0.15) is 33.3 Å². The lowest BCUT2D eigenvalue weighted by Crippen LogP contribution is -2.11. The minimum absolute atomic E-state index is 0.0960. The number of hydrogen-bond donors (Lipinski definition) is 0. The van der Waals surface area contributed by atoms with Crippen LogP contribution < -0.4 is 4.74 Å². The number of rotatable bonds is 2. The van der Waals surface area contributed by atoms with E-state index in [9.17, 15) is 0 Å². The minimum Gasteiger partial charge on any atom is -0.480 e. The lowest BCUT2D eigenvalue weighted by atomic mass is 9.89. The largest absolute Gasteiger partial charge is 0.480 e. The van der Waals surface area contributed by atoms with Gasteiger partial charge in [-0.3, -0.25) is 4.68 Å². The molecule has 3 heteroatoms. The molecule has 0 unspecified atom stereocenters. The molecule has 74 valence electrons. The zero-order chi connectivity index (χ0) is 10.1. The number of aromatic nitrogens is 2. The quantitative estimate of drug-likeness (QED) is 0.701. The number of hydrogen-bond acceptors (Lipinski definition) is 2. The van der Waals surface area contributed by atoms with Crippen molar-refractivity contribution < 1.29 is 4.74 Å². The molecule has 0 radical (unpaired) electrons. The Balaban J connectivity index is 3.11. The lowest BCUT2D eigenvalue weighted by molar-refractivity contribution is 0.377. The van der Waals surface area contributed by atoms with Gasteiger partial charge in [0.2, 0.25) is 5.88 Å². The van der Waals surface area contributed by atoms with Crippen molar-refractivity contribution in [2.24, 2.45) is 0 Å². The summed E-state index contributed by atoms with van der Waals surface area (Å²) in [6, 6.07) is 0. The summed E-state index contributed by atoms with van der Waals surface area (Å²) in [7, 11) is 1.66. The fourth-order valence-corrected chi connectivity index (χ4v) is 1.23. The van der Waals surface area contributed by atoms with Gasteiger partial charge in [-0.25, -0.2) is 0 Å². The van der Waals surface area contributed by atoms with Crippen molar-refractivity contribution >= 4 is 0 Å². The predicted octanol–water partition coefficient (Wildman–Crippen LogP) is 2.21. The Morgan fingerprint density at radius 2 is 2.08 bits per heavy atom. The van der Waals surface area contributed by atoms with Gasteiger partial charge in [-0.2, -0.15) is 0 Å². The number of methoxy groups -OCH3 is 1. The normalized spacial score (nSPS) is 11.8. The molecule has 3 nitrogen and oxygen atoms in total. The van der Waals surface area contributed by atoms with Crippen molar-refractivity contribution in [3.63, 3.8) is 0 Å². The van der Waals surface area contributed by atoms with Gasteiger partial charge in [0, 0.05) is 18.3 Å². The molecule has 0 aliphatic rings. The van der Waals surface area contributed by atoms with E-state index >= 15 is 0 Å². The van der Waals surface area contributed by atoms with E-state index in [1.807, 2.05) is 4.68 Å². The van der Waals surface area contributed by atoms with E-state index < -0.39 is 0 Å². The van der Waals surface area contributed by atoms with Gasteiger partial charge >= 0.3 is 0 Å². The molecule has 1 aromatic rings. The summed E-state index contributed by atoms with van der Waals surface area (Å²) < 4.78 is 7.12. The Bertz CT molecular complexity index is 284. The number of ether oxygens (including phenoxy) is 1. The van der Waals surface area contributed by atoms with Crippen LogP contribution in [-0.4, -0.2) is 16.9 Å². The highest BCUT2D eigenvalue weighted by atomic mass is 16.5. The second-order valence-electron chi connectivity index (χ2n) is 4.16. The Kier molecular flexibility index (Phi) is 2.64. The molecule has 0 N–H and O–H groups in total. The maximum Gasteiger partial charge on any atom is 0.236 e. The Morgan fingerprint density at radius 1 is 1.46 bits per heavy atom. The molecular formula is C10H18N2O. The third kappa shape index (κ3) is 2.02. The van der Waals surface area contributed by atoms with Crippen molar-refractivity contribution in [3.05, 3.63) is 11.8 Å². The summed E-state index contributed by atoms with van der Waals surface area (Å²) in [6.07, 6.45) is 2.05. The van der Waals surface area contributed by atoms with Crippen LogP contribution in [0.4, 0.5) is 0 Å². The smallest absolute Gasteiger partial charge is 0.236 e. The second-order valence-corrected chi connectivity index (χ2v) is 4.16. The SMILES string of the molecule is CCn1cc(C(C)(C)C)c(OC)n1. The second kappa shape index (κ2) is 3.40. The van der Waals surface area contributed by atoms with Crippen molar-refractivity contribution in [2.45, 2.75) is 39.7 Å². The van der Waals surface area contributed by atoms with E-state index in [4.69, 9.17) is 4.74 Å². The Labute approximate surface area is 79.7 Å². The van der Waals surface area contributed by atoms with Gasteiger partial charge in [0.05, 0.1) is 7.11 Å². The van der Waals surface area contributed by atoms with Crippen molar-refractivity contribution in [1.82, 2.24) is 9.78 Å². The highest BCUT2D eigenvalue weighted by Gasteiger charge is 2.21. The summed E-state index contributed by atoms with van der Waals surface area (Å²) in [6.45, 7) is 9.43. The molecule has 1 aromatic heterocycles. The molecule has 0 saturated carbocycles. The van der Waals surface area contributed by atoms with E-state index in [0.717, 1.165) is 18.0 Å². The Morgan fingerprint density at radius 3 is 2.38 bits per heavy atom. The fourth-order valence-electron chi connectivity index (χ4n) is 1.23. The van der Waals surface area contributed by atoms with Gasteiger partial charge in [0.25, 0.3) is 0 Å². The maximum atomic E-state index is 5.22. The third-order valence-corrected chi connectivity index (χ3v) is 2.05. The van der Waals surface area contributed by atoms with E-state index in [0.29, 0.717) is 0 Å². The molecule has 0 atom stereocenters. The molecule has 0 amide bonds. The van der Waals surface area contributed by atoms with Crippen molar-refractivity contribution in [2.75, 3.05) is 7.11 Å². The van der Waals surface area contributed by atoms with Gasteiger partial charge in [-0.1, -0.05) is 20.8 Å². The zero-order valence-electron chi connectivity index (χ0n) is 9.09. The molecule has 1 rings (SSSR count). The average Bonchev–Trinajstić information content (AvgIpc) is 2.46. The van der Waals surface area contributed by atoms with Crippen LogP contribution in [0.25, 0.3) is 0 Å². The Hall–Kier alpha value is -0.990. The molecule has 0 fully saturated rings. The van der Waals surface area contributed by atoms with Crippen LogP contribution in [-0.2, 0) is 12.0 Å². The molecule has 0 spiro atoms. The monoisotopic (exact) mass is 182 g/mol. The van der Waals surface area contributed by atoms with Crippen LogP contribution in [0.3, 0.4) is 0 Å². The summed E-state index contributed by atoms with van der Waals surface area (Å²) in [5.41, 5.74) is 1.26. The molecule has 0 aliphatic carbocycles. The van der Waals surface area contributed by atoms with Crippen LogP contribution in [0.15, 0.2) is 6.20 Å². The van der Waals surface area contributed by atoms with Gasteiger partial charge in [-0.15, -0.1) is 5.10 Å². The zero-order valence-corrected chi connectivity index (χ0v) is 9.09. The average molecular weight is 182 g/mol. The first-order chi connectivity index (χ1) is 5.99. The van der Waals surface area contributed by atoms with Gasteiger partial charge in [-0.05, 0) is 12.3 Å². The highest BCUT2D eigenvalue weighted by molar-refractivity contribution is 5.30. The minimum atomic E-state index is 0.0960. The highest BCUT2D eigenvalue weighted by Crippen LogP contribution is 2.29. The molecule has 1 heterocycles. The maximum absolute atomic E-state index is 5.22. The molecular weight excluding hydrogens is 164 g/mol. The van der Waals surface area contributed by atoms with Crippen LogP contribution in [0, 0.1) is 0 Å². The molecule has 0 saturated heterocycles. The molecule has 0 bridgehead atoms. The van der Waals surface area contributed by atoms with E-state index in [-0.39, 0.29) is 5.41 Å². The number of aryl methyl sites for hydroxylation is 1. The van der Waals surface area contributed by atoms with Crippen LogP contribution in [0.2, 0.25) is 0 Å².